The minimum Gasteiger partial charge on any atom is -0.494 e. The van der Waals surface area contributed by atoms with Crippen molar-refractivity contribution in [3.8, 4) is 5.75 Å². The molecule has 1 aromatic heterocycles. The lowest BCUT2D eigenvalue weighted by Gasteiger charge is -2.37. The first-order valence-corrected chi connectivity index (χ1v) is 9.61. The van der Waals surface area contributed by atoms with Crippen molar-refractivity contribution in [3.63, 3.8) is 0 Å². The van der Waals surface area contributed by atoms with Gasteiger partial charge in [0.1, 0.15) is 5.69 Å². The van der Waals surface area contributed by atoms with Crippen LogP contribution in [-0.2, 0) is 0 Å². The second-order valence-electron chi connectivity index (χ2n) is 6.76. The van der Waals surface area contributed by atoms with E-state index in [1.807, 2.05) is 11.8 Å². The molecule has 1 fully saturated rings. The Bertz CT molecular complexity index is 808. The van der Waals surface area contributed by atoms with Gasteiger partial charge in [0.2, 0.25) is 0 Å². The van der Waals surface area contributed by atoms with Crippen molar-refractivity contribution < 1.29 is 13.9 Å². The van der Waals surface area contributed by atoms with E-state index in [1.165, 1.54) is 24.5 Å². The monoisotopic (exact) mass is 377 g/mol. The lowest BCUT2D eigenvalue weighted by Crippen LogP contribution is -2.46. The number of anilines is 2. The van der Waals surface area contributed by atoms with E-state index in [1.54, 1.807) is 12.1 Å². The molecule has 1 aliphatic heterocycles. The van der Waals surface area contributed by atoms with Gasteiger partial charge in [0.25, 0.3) is 5.91 Å². The van der Waals surface area contributed by atoms with E-state index in [9.17, 15) is 9.18 Å². The van der Waals surface area contributed by atoms with Crippen molar-refractivity contribution >= 4 is 28.1 Å². The predicted octanol–water partition coefficient (Wildman–Crippen LogP) is 4.60. The molecule has 1 aliphatic rings. The number of rotatable bonds is 4. The molecule has 0 radical (unpaired) electrons. The first kappa shape index (κ1) is 18.6. The highest BCUT2D eigenvalue weighted by Crippen LogP contribution is 2.30. The quantitative estimate of drug-likeness (QED) is 0.846. The Morgan fingerprint density at radius 3 is 2.88 bits per heavy atom. The smallest absolute Gasteiger partial charge is 0.273 e. The molecule has 7 heteroatoms. The van der Waals surface area contributed by atoms with E-state index in [2.05, 4.69) is 24.1 Å². The number of thiazole rings is 1. The van der Waals surface area contributed by atoms with Gasteiger partial charge in [-0.05, 0) is 44.7 Å². The summed E-state index contributed by atoms with van der Waals surface area (Å²) in [6.07, 6.45) is 2.17. The molecular formula is C19H24FN3O2S. The third-order valence-electron chi connectivity index (χ3n) is 5.04. The van der Waals surface area contributed by atoms with Crippen molar-refractivity contribution in [1.29, 1.82) is 0 Å². The summed E-state index contributed by atoms with van der Waals surface area (Å²) in [5.74, 6) is 0.214. The Morgan fingerprint density at radius 2 is 2.19 bits per heavy atom. The molecule has 5 nitrogen and oxygen atoms in total. The van der Waals surface area contributed by atoms with Crippen LogP contribution in [0.2, 0.25) is 0 Å². The molecule has 1 aromatic carbocycles. The number of piperidine rings is 1. The van der Waals surface area contributed by atoms with Crippen LogP contribution < -0.4 is 10.1 Å². The second-order valence-corrected chi connectivity index (χ2v) is 7.96. The van der Waals surface area contributed by atoms with Gasteiger partial charge in [0.15, 0.2) is 16.7 Å². The standard InChI is InChI=1S/C19H24FN3O2S/c1-11-6-5-9-23(12(11)2)18(24)17-13(3)26-19(22-17)21-14-7-8-16(25-4)15(20)10-14/h7-8,10-12H,5-6,9H2,1-4H3,(H,21,22)/t11-,12-/m0/s1. The number of hydrogen-bond acceptors (Lipinski definition) is 5. The zero-order valence-electron chi connectivity index (χ0n) is 15.5. The number of likely N-dealkylation sites (tertiary alicyclic amines) is 1. The van der Waals surface area contributed by atoms with Crippen molar-refractivity contribution in [3.05, 3.63) is 34.6 Å². The van der Waals surface area contributed by atoms with Gasteiger partial charge in [0, 0.05) is 29.2 Å². The topological polar surface area (TPSA) is 54.5 Å². The zero-order valence-corrected chi connectivity index (χ0v) is 16.3. The summed E-state index contributed by atoms with van der Waals surface area (Å²) in [5.41, 5.74) is 1.04. The van der Waals surface area contributed by atoms with Gasteiger partial charge < -0.3 is 15.0 Å². The maximum atomic E-state index is 13.8. The maximum Gasteiger partial charge on any atom is 0.273 e. The number of amides is 1. The van der Waals surface area contributed by atoms with Crippen LogP contribution in [-0.4, -0.2) is 35.5 Å². The molecule has 0 bridgehead atoms. The van der Waals surface area contributed by atoms with Gasteiger partial charge in [-0.2, -0.15) is 0 Å². The van der Waals surface area contributed by atoms with Crippen LogP contribution in [0.25, 0.3) is 0 Å². The molecule has 140 valence electrons. The molecule has 2 atom stereocenters. The number of hydrogen-bond donors (Lipinski definition) is 1. The summed E-state index contributed by atoms with van der Waals surface area (Å²) in [4.78, 5) is 20.2. The molecular weight excluding hydrogens is 353 g/mol. The number of methoxy groups -OCH3 is 1. The number of benzene rings is 1. The third-order valence-corrected chi connectivity index (χ3v) is 5.92. The van der Waals surface area contributed by atoms with Crippen LogP contribution in [0.3, 0.4) is 0 Å². The molecule has 2 aromatic rings. The lowest BCUT2D eigenvalue weighted by molar-refractivity contribution is 0.0545. The molecule has 0 unspecified atom stereocenters. The van der Waals surface area contributed by atoms with Crippen LogP contribution in [0.4, 0.5) is 15.2 Å². The van der Waals surface area contributed by atoms with E-state index in [-0.39, 0.29) is 17.7 Å². The molecule has 1 amide bonds. The van der Waals surface area contributed by atoms with Crippen LogP contribution in [0.1, 0.15) is 42.1 Å². The van der Waals surface area contributed by atoms with E-state index >= 15 is 0 Å². The number of carbonyl (C=O) groups excluding carboxylic acids is 1. The van der Waals surface area contributed by atoms with Gasteiger partial charge >= 0.3 is 0 Å². The summed E-state index contributed by atoms with van der Waals surface area (Å²) >= 11 is 1.40. The first-order chi connectivity index (χ1) is 12.4. The van der Waals surface area contributed by atoms with Gasteiger partial charge in [-0.1, -0.05) is 6.92 Å². The number of nitrogens with one attached hydrogen (secondary N) is 1. The zero-order chi connectivity index (χ0) is 18.8. The fourth-order valence-corrected chi connectivity index (χ4v) is 4.10. The Morgan fingerprint density at radius 1 is 1.42 bits per heavy atom. The summed E-state index contributed by atoms with van der Waals surface area (Å²) in [7, 11) is 1.43. The van der Waals surface area contributed by atoms with E-state index in [4.69, 9.17) is 4.74 Å². The van der Waals surface area contributed by atoms with E-state index in [0.717, 1.165) is 24.3 Å². The highest BCUT2D eigenvalue weighted by molar-refractivity contribution is 7.15. The van der Waals surface area contributed by atoms with E-state index < -0.39 is 5.82 Å². The highest BCUT2D eigenvalue weighted by atomic mass is 32.1. The van der Waals surface area contributed by atoms with Gasteiger partial charge in [-0.3, -0.25) is 4.79 Å². The molecule has 3 rings (SSSR count). The molecule has 0 spiro atoms. The minimum atomic E-state index is -0.446. The van der Waals surface area contributed by atoms with Gasteiger partial charge in [-0.25, -0.2) is 9.37 Å². The van der Waals surface area contributed by atoms with Crippen molar-refractivity contribution in [2.45, 2.75) is 39.7 Å². The fourth-order valence-electron chi connectivity index (χ4n) is 3.27. The van der Waals surface area contributed by atoms with Gasteiger partial charge in [-0.15, -0.1) is 11.3 Å². The lowest BCUT2D eigenvalue weighted by atomic mass is 9.92. The van der Waals surface area contributed by atoms with Crippen LogP contribution in [0.15, 0.2) is 18.2 Å². The number of aryl methyl sites for hydroxylation is 1. The normalized spacial score (nSPS) is 20.1. The largest absolute Gasteiger partial charge is 0.494 e. The summed E-state index contributed by atoms with van der Waals surface area (Å²) in [6.45, 7) is 6.95. The van der Waals surface area contributed by atoms with Crippen molar-refractivity contribution in [2.75, 3.05) is 19.0 Å². The van der Waals surface area contributed by atoms with Crippen LogP contribution >= 0.6 is 11.3 Å². The second kappa shape index (κ2) is 7.61. The third kappa shape index (κ3) is 3.67. The highest BCUT2D eigenvalue weighted by Gasteiger charge is 2.31. The Balaban J connectivity index is 1.78. The summed E-state index contributed by atoms with van der Waals surface area (Å²) in [6, 6.07) is 4.84. The Hall–Kier alpha value is -2.15. The average Bonchev–Trinajstić information content (AvgIpc) is 2.97. The van der Waals surface area contributed by atoms with Crippen molar-refractivity contribution in [1.82, 2.24) is 9.88 Å². The summed E-state index contributed by atoms with van der Waals surface area (Å²) in [5, 5.41) is 3.65. The number of nitrogens with zero attached hydrogens (tertiary/aromatic N) is 2. The predicted molar refractivity (Wildman–Crippen MR) is 102 cm³/mol. The minimum absolute atomic E-state index is 0.0215. The number of carbonyl (C=O) groups is 1. The first-order valence-electron chi connectivity index (χ1n) is 8.79. The molecule has 26 heavy (non-hydrogen) atoms. The molecule has 1 saturated heterocycles. The molecule has 1 N–H and O–H groups in total. The SMILES string of the molecule is COc1ccc(Nc2nc(C(=O)N3CCC[C@H](C)[C@@H]3C)c(C)s2)cc1F. The van der Waals surface area contributed by atoms with E-state index in [0.29, 0.717) is 22.4 Å². The number of aromatic nitrogens is 1. The van der Waals surface area contributed by atoms with Crippen LogP contribution in [0, 0.1) is 18.7 Å². The number of halogens is 1. The fraction of sp³-hybridized carbons (Fsp3) is 0.474. The molecule has 0 aliphatic carbocycles. The maximum absolute atomic E-state index is 13.8. The van der Waals surface area contributed by atoms with Crippen molar-refractivity contribution in [2.24, 2.45) is 5.92 Å². The van der Waals surface area contributed by atoms with Gasteiger partial charge in [0.05, 0.1) is 7.11 Å². The molecule has 0 saturated carbocycles. The Labute approximate surface area is 157 Å². The summed E-state index contributed by atoms with van der Waals surface area (Å²) < 4.78 is 18.8. The number of ether oxygens (including phenoxy) is 1. The van der Waals surface area contributed by atoms with Crippen LogP contribution in [0.5, 0.6) is 5.75 Å². The Kier molecular flexibility index (Phi) is 5.46. The molecule has 2 heterocycles. The average molecular weight is 377 g/mol.